The Morgan fingerprint density at radius 3 is 2.80 bits per heavy atom. The molecule has 0 spiro atoms. The zero-order valence-corrected chi connectivity index (χ0v) is 13.2. The molecule has 0 unspecified atom stereocenters. The van der Waals surface area contributed by atoms with E-state index in [4.69, 9.17) is 5.73 Å². The van der Waals surface area contributed by atoms with Crippen molar-refractivity contribution in [2.45, 2.75) is 12.1 Å². The zero-order chi connectivity index (χ0) is 14.3. The van der Waals surface area contributed by atoms with Gasteiger partial charge >= 0.3 is 0 Å². The smallest absolute Gasteiger partial charge is 0.258 e. The lowest BCUT2D eigenvalue weighted by molar-refractivity contribution is 0.851. The van der Waals surface area contributed by atoms with Crippen LogP contribution in [-0.2, 0) is 0 Å². The third-order valence-corrected chi connectivity index (χ3v) is 4.43. The van der Waals surface area contributed by atoms with Gasteiger partial charge in [0.15, 0.2) is 11.0 Å². The number of benzene rings is 1. The van der Waals surface area contributed by atoms with Crippen molar-refractivity contribution in [2.24, 2.45) is 0 Å². The third-order valence-electron chi connectivity index (χ3n) is 2.83. The molecule has 102 valence electrons. The largest absolute Gasteiger partial charge is 0.368 e. The third kappa shape index (κ3) is 2.14. The van der Waals surface area contributed by atoms with Crippen LogP contribution >= 0.6 is 27.7 Å². The Labute approximate surface area is 128 Å². The fraction of sp³-hybridized carbons (Fsp3) is 0.167. The molecular weight excluding hydrogens is 340 g/mol. The number of nitrogen functional groups attached to an aromatic ring is 1. The number of halogens is 1. The van der Waals surface area contributed by atoms with Crippen LogP contribution in [0.15, 0.2) is 27.8 Å². The highest BCUT2D eigenvalue weighted by atomic mass is 79.9. The van der Waals surface area contributed by atoms with Crippen LogP contribution in [0.1, 0.15) is 5.56 Å². The molecule has 0 bridgehead atoms. The van der Waals surface area contributed by atoms with Crippen LogP contribution in [0, 0.1) is 6.92 Å². The maximum Gasteiger partial charge on any atom is 0.258 e. The quantitative estimate of drug-likeness (QED) is 0.715. The first-order valence-corrected chi connectivity index (χ1v) is 7.81. The predicted octanol–water partition coefficient (Wildman–Crippen LogP) is 2.56. The summed E-state index contributed by atoms with van der Waals surface area (Å²) in [7, 11) is 0. The van der Waals surface area contributed by atoms with Crippen molar-refractivity contribution >= 4 is 39.4 Å². The molecule has 0 fully saturated rings. The number of fused-ring (bicyclic) bond motifs is 1. The highest BCUT2D eigenvalue weighted by Gasteiger charge is 2.14. The molecule has 0 saturated heterocycles. The molecule has 0 aliphatic carbocycles. The van der Waals surface area contributed by atoms with Crippen molar-refractivity contribution in [3.05, 3.63) is 28.2 Å². The van der Waals surface area contributed by atoms with Crippen molar-refractivity contribution < 1.29 is 0 Å². The van der Waals surface area contributed by atoms with Crippen molar-refractivity contribution in [3.63, 3.8) is 0 Å². The summed E-state index contributed by atoms with van der Waals surface area (Å²) in [6.45, 7) is 2.02. The fourth-order valence-corrected chi connectivity index (χ4v) is 2.61. The number of aryl methyl sites for hydroxylation is 1. The Balaban J connectivity index is 2.23. The van der Waals surface area contributed by atoms with Crippen LogP contribution < -0.4 is 5.73 Å². The molecule has 3 rings (SSSR count). The van der Waals surface area contributed by atoms with Gasteiger partial charge in [0, 0.05) is 10.0 Å². The van der Waals surface area contributed by atoms with E-state index in [0.29, 0.717) is 16.8 Å². The van der Waals surface area contributed by atoms with Gasteiger partial charge in [-0.2, -0.15) is 19.5 Å². The number of aromatic nitrogens is 5. The fourth-order valence-electron chi connectivity index (χ4n) is 1.81. The van der Waals surface area contributed by atoms with E-state index >= 15 is 0 Å². The van der Waals surface area contributed by atoms with Crippen molar-refractivity contribution in [2.75, 3.05) is 12.0 Å². The van der Waals surface area contributed by atoms with E-state index in [0.717, 1.165) is 15.6 Å². The number of nitrogens with two attached hydrogens (primary N) is 1. The van der Waals surface area contributed by atoms with Gasteiger partial charge in [-0.15, -0.1) is 5.10 Å². The van der Waals surface area contributed by atoms with Gasteiger partial charge < -0.3 is 5.73 Å². The number of anilines is 1. The summed E-state index contributed by atoms with van der Waals surface area (Å²) in [6.07, 6.45) is 1.89. The summed E-state index contributed by atoms with van der Waals surface area (Å²) in [5.74, 6) is 1.30. The number of rotatable bonds is 2. The van der Waals surface area contributed by atoms with E-state index in [-0.39, 0.29) is 5.95 Å². The first-order chi connectivity index (χ1) is 9.60. The number of hydrogen-bond donors (Lipinski definition) is 1. The zero-order valence-electron chi connectivity index (χ0n) is 10.8. The molecule has 0 radical (unpaired) electrons. The minimum Gasteiger partial charge on any atom is -0.368 e. The van der Waals surface area contributed by atoms with Crippen LogP contribution in [0.2, 0.25) is 0 Å². The second kappa shape index (κ2) is 5.02. The minimum absolute atomic E-state index is 0.280. The van der Waals surface area contributed by atoms with Crippen LogP contribution in [0.4, 0.5) is 5.95 Å². The summed E-state index contributed by atoms with van der Waals surface area (Å²) in [5, 5.41) is 4.96. The van der Waals surface area contributed by atoms with E-state index in [9.17, 15) is 0 Å². The van der Waals surface area contributed by atoms with Gasteiger partial charge in [-0.1, -0.05) is 23.9 Å². The lowest BCUT2D eigenvalue weighted by Gasteiger charge is -2.02. The standard InChI is InChI=1S/C12H11BrN6S/c1-6-4-3-5-7(8(6)13)9-15-11-17-12(20-2)16-10(14)19(11)18-9/h3-5H,1-2H3,(H2,14,15,16,17,18). The van der Waals surface area contributed by atoms with Gasteiger partial charge in [0.2, 0.25) is 5.95 Å². The predicted molar refractivity (Wildman–Crippen MR) is 82.6 cm³/mol. The molecule has 20 heavy (non-hydrogen) atoms. The molecular formula is C12H11BrN6S. The minimum atomic E-state index is 0.280. The molecule has 0 saturated carbocycles. The van der Waals surface area contributed by atoms with E-state index < -0.39 is 0 Å². The van der Waals surface area contributed by atoms with Crippen molar-refractivity contribution in [1.82, 2.24) is 24.6 Å². The van der Waals surface area contributed by atoms with Gasteiger partial charge in [0.25, 0.3) is 5.78 Å². The number of thioether (sulfide) groups is 1. The van der Waals surface area contributed by atoms with Gasteiger partial charge in [-0.3, -0.25) is 0 Å². The maximum atomic E-state index is 5.88. The van der Waals surface area contributed by atoms with Crippen LogP contribution in [0.5, 0.6) is 0 Å². The average molecular weight is 351 g/mol. The second-order valence-electron chi connectivity index (χ2n) is 4.15. The Morgan fingerprint density at radius 1 is 1.25 bits per heavy atom. The Hall–Kier alpha value is -1.67. The highest BCUT2D eigenvalue weighted by Crippen LogP contribution is 2.29. The molecule has 2 N–H and O–H groups in total. The Morgan fingerprint density at radius 2 is 2.05 bits per heavy atom. The summed E-state index contributed by atoms with van der Waals surface area (Å²) < 4.78 is 2.41. The summed E-state index contributed by atoms with van der Waals surface area (Å²) in [4.78, 5) is 12.9. The monoisotopic (exact) mass is 350 g/mol. The van der Waals surface area contributed by atoms with Crippen LogP contribution in [0.3, 0.4) is 0 Å². The molecule has 2 aromatic heterocycles. The van der Waals surface area contributed by atoms with E-state index in [1.807, 2.05) is 31.4 Å². The molecule has 6 nitrogen and oxygen atoms in total. The molecule has 3 aromatic rings. The Kier molecular flexibility index (Phi) is 3.35. The highest BCUT2D eigenvalue weighted by molar-refractivity contribution is 9.10. The maximum absolute atomic E-state index is 5.88. The molecule has 0 aliphatic heterocycles. The topological polar surface area (TPSA) is 82.0 Å². The lowest BCUT2D eigenvalue weighted by atomic mass is 10.1. The van der Waals surface area contributed by atoms with Gasteiger partial charge in [-0.05, 0) is 40.7 Å². The van der Waals surface area contributed by atoms with E-state index in [1.54, 1.807) is 0 Å². The normalized spacial score (nSPS) is 11.2. The number of nitrogens with zero attached hydrogens (tertiary/aromatic N) is 5. The molecule has 0 atom stereocenters. The lowest BCUT2D eigenvalue weighted by Crippen LogP contribution is -2.04. The summed E-state index contributed by atoms with van der Waals surface area (Å²) >= 11 is 4.98. The summed E-state index contributed by atoms with van der Waals surface area (Å²) in [5.41, 5.74) is 7.90. The molecule has 8 heteroatoms. The van der Waals surface area contributed by atoms with Crippen molar-refractivity contribution in [3.8, 4) is 11.4 Å². The van der Waals surface area contributed by atoms with E-state index in [1.165, 1.54) is 16.3 Å². The van der Waals surface area contributed by atoms with Crippen LogP contribution in [0.25, 0.3) is 17.2 Å². The first kappa shape index (κ1) is 13.3. The Bertz CT molecular complexity index is 800. The molecule has 2 heterocycles. The van der Waals surface area contributed by atoms with Crippen LogP contribution in [-0.4, -0.2) is 30.8 Å². The summed E-state index contributed by atoms with van der Waals surface area (Å²) in [6, 6.07) is 5.93. The molecule has 1 aromatic carbocycles. The average Bonchev–Trinajstić information content (AvgIpc) is 2.86. The molecule has 0 amide bonds. The SMILES string of the molecule is CSc1nc(N)n2nc(-c3cccc(C)c3Br)nc2n1. The second-order valence-corrected chi connectivity index (χ2v) is 5.72. The number of hydrogen-bond acceptors (Lipinski definition) is 6. The van der Waals surface area contributed by atoms with Gasteiger partial charge in [0.05, 0.1) is 0 Å². The van der Waals surface area contributed by atoms with Gasteiger partial charge in [0.1, 0.15) is 0 Å². The van der Waals surface area contributed by atoms with Gasteiger partial charge in [-0.25, -0.2) is 0 Å². The van der Waals surface area contributed by atoms with E-state index in [2.05, 4.69) is 36.0 Å². The van der Waals surface area contributed by atoms with Crippen molar-refractivity contribution in [1.29, 1.82) is 0 Å². The first-order valence-electron chi connectivity index (χ1n) is 5.80. The molecule has 0 aliphatic rings.